The zero-order valence-electron chi connectivity index (χ0n) is 19.3. The minimum absolute atomic E-state index is 0.0642. The molecule has 9 heteroatoms. The third-order valence-corrected chi connectivity index (χ3v) is 6.62. The van der Waals surface area contributed by atoms with Gasteiger partial charge < -0.3 is 20.3 Å². The van der Waals surface area contributed by atoms with E-state index in [1.54, 1.807) is 12.3 Å². The normalized spacial score (nSPS) is 18.7. The number of likely N-dealkylation sites (tertiary alicyclic amines) is 1. The van der Waals surface area contributed by atoms with Crippen molar-refractivity contribution >= 4 is 34.4 Å². The number of aliphatic carboxylic acids is 1. The molecule has 3 N–H and O–H groups in total. The van der Waals surface area contributed by atoms with Crippen molar-refractivity contribution in [1.82, 2.24) is 19.7 Å². The molecule has 0 aliphatic carbocycles. The fourth-order valence-electron chi connectivity index (χ4n) is 4.66. The zero-order chi connectivity index (χ0) is 23.5. The Morgan fingerprint density at radius 3 is 2.39 bits per heavy atom. The molecule has 0 radical (unpaired) electrons. The maximum Gasteiger partial charge on any atom is 0.325 e. The Labute approximate surface area is 193 Å². The summed E-state index contributed by atoms with van der Waals surface area (Å²) in [6.45, 7) is 8.27. The highest BCUT2D eigenvalue weighted by atomic mass is 16.4. The molecule has 0 spiro atoms. The molecular formula is C24H33N5O4. The minimum atomic E-state index is -0.894. The van der Waals surface area contributed by atoms with Gasteiger partial charge in [0.15, 0.2) is 0 Å². The van der Waals surface area contributed by atoms with Crippen LogP contribution in [0.4, 0.5) is 5.69 Å². The van der Waals surface area contributed by atoms with E-state index in [2.05, 4.69) is 15.2 Å². The quantitative estimate of drug-likeness (QED) is 0.590. The van der Waals surface area contributed by atoms with Gasteiger partial charge >= 0.3 is 5.97 Å². The van der Waals surface area contributed by atoms with E-state index in [0.717, 1.165) is 36.8 Å². The number of nitrogens with one attached hydrogen (secondary N) is 2. The Morgan fingerprint density at radius 2 is 1.76 bits per heavy atom. The number of rotatable bonds is 7. The molecule has 1 atom stereocenters. The number of amides is 2. The summed E-state index contributed by atoms with van der Waals surface area (Å²) in [4.78, 5) is 45.9. The fraction of sp³-hybridized carbons (Fsp3) is 0.542. The average Bonchev–Trinajstić information content (AvgIpc) is 3.45. The van der Waals surface area contributed by atoms with Crippen molar-refractivity contribution in [2.45, 2.75) is 32.7 Å². The van der Waals surface area contributed by atoms with E-state index in [9.17, 15) is 19.5 Å². The lowest BCUT2D eigenvalue weighted by Gasteiger charge is -2.37. The maximum atomic E-state index is 12.4. The second-order valence-electron chi connectivity index (χ2n) is 9.29. The molecule has 178 valence electrons. The average molecular weight is 456 g/mol. The van der Waals surface area contributed by atoms with Gasteiger partial charge in [0.1, 0.15) is 6.04 Å². The van der Waals surface area contributed by atoms with E-state index >= 15 is 0 Å². The number of H-pyrrole nitrogens is 1. The summed E-state index contributed by atoms with van der Waals surface area (Å²) < 4.78 is 0. The van der Waals surface area contributed by atoms with Gasteiger partial charge in [-0.25, -0.2) is 0 Å². The van der Waals surface area contributed by atoms with Crippen molar-refractivity contribution in [2.24, 2.45) is 5.92 Å². The van der Waals surface area contributed by atoms with Crippen molar-refractivity contribution in [3.63, 3.8) is 0 Å². The van der Waals surface area contributed by atoms with Crippen LogP contribution in [0.2, 0.25) is 0 Å². The number of carbonyl (C=O) groups is 3. The van der Waals surface area contributed by atoms with Crippen LogP contribution in [-0.4, -0.2) is 88.4 Å². The topological polar surface area (TPSA) is 109 Å². The number of anilines is 1. The summed E-state index contributed by atoms with van der Waals surface area (Å²) >= 11 is 0. The van der Waals surface area contributed by atoms with Gasteiger partial charge in [0.2, 0.25) is 11.8 Å². The number of hydrogen-bond donors (Lipinski definition) is 3. The van der Waals surface area contributed by atoms with Crippen molar-refractivity contribution in [3.05, 3.63) is 30.0 Å². The van der Waals surface area contributed by atoms with Crippen LogP contribution in [-0.2, 0) is 14.4 Å². The molecule has 2 aliphatic heterocycles. The lowest BCUT2D eigenvalue weighted by molar-refractivity contribution is -0.145. The van der Waals surface area contributed by atoms with Crippen molar-refractivity contribution < 1.29 is 19.5 Å². The van der Waals surface area contributed by atoms with Gasteiger partial charge in [-0.3, -0.25) is 24.2 Å². The fourth-order valence-corrected chi connectivity index (χ4v) is 4.66. The van der Waals surface area contributed by atoms with Gasteiger partial charge in [-0.05, 0) is 25.0 Å². The summed E-state index contributed by atoms with van der Waals surface area (Å²) in [7, 11) is 0. The van der Waals surface area contributed by atoms with Crippen molar-refractivity contribution in [1.29, 1.82) is 0 Å². The van der Waals surface area contributed by atoms with Gasteiger partial charge in [0, 0.05) is 73.5 Å². The van der Waals surface area contributed by atoms with Crippen LogP contribution in [0.5, 0.6) is 0 Å². The molecule has 0 bridgehead atoms. The van der Waals surface area contributed by atoms with Gasteiger partial charge in [-0.2, -0.15) is 0 Å². The molecule has 0 saturated carbocycles. The zero-order valence-corrected chi connectivity index (χ0v) is 19.3. The van der Waals surface area contributed by atoms with E-state index in [1.165, 1.54) is 0 Å². The molecule has 2 saturated heterocycles. The lowest BCUT2D eigenvalue weighted by atomic mass is 10.0. The highest BCUT2D eigenvalue weighted by Crippen LogP contribution is 2.31. The molecule has 2 aromatic rings. The highest BCUT2D eigenvalue weighted by molar-refractivity contribution is 5.96. The lowest BCUT2D eigenvalue weighted by Crippen LogP contribution is -2.51. The number of carbonyl (C=O) groups excluding carboxylic acids is 2. The van der Waals surface area contributed by atoms with Gasteiger partial charge in [-0.1, -0.05) is 19.9 Å². The number of aromatic amines is 1. The third-order valence-electron chi connectivity index (χ3n) is 6.62. The van der Waals surface area contributed by atoms with E-state index in [0.29, 0.717) is 44.0 Å². The van der Waals surface area contributed by atoms with Crippen LogP contribution in [0.1, 0.15) is 38.3 Å². The molecule has 3 heterocycles. The number of hydrogen-bond acceptors (Lipinski definition) is 5. The number of nitrogens with zero attached hydrogens (tertiary/aromatic N) is 3. The number of carboxylic acid groups (broad SMARTS) is 1. The van der Waals surface area contributed by atoms with Crippen LogP contribution in [0.15, 0.2) is 24.4 Å². The SMILES string of the molecule is CC(C)C(=O)Nc1ccc2c([C@H](C(=O)O)N3CCN(CC(=O)N4CCCC4)CC3)c[nH]c2c1. The Kier molecular flexibility index (Phi) is 6.99. The van der Waals surface area contributed by atoms with Crippen LogP contribution < -0.4 is 5.32 Å². The molecular weight excluding hydrogens is 422 g/mol. The van der Waals surface area contributed by atoms with Gasteiger partial charge in [0.25, 0.3) is 0 Å². The molecule has 33 heavy (non-hydrogen) atoms. The molecule has 2 fully saturated rings. The number of benzene rings is 1. The predicted octanol–water partition coefficient (Wildman–Crippen LogP) is 2.13. The first-order chi connectivity index (χ1) is 15.8. The summed E-state index contributed by atoms with van der Waals surface area (Å²) in [5, 5.41) is 13.8. The second-order valence-corrected chi connectivity index (χ2v) is 9.29. The summed E-state index contributed by atoms with van der Waals surface area (Å²) in [6, 6.07) is 4.73. The summed E-state index contributed by atoms with van der Waals surface area (Å²) in [5.74, 6) is -0.909. The molecule has 4 rings (SSSR count). The molecule has 1 aromatic heterocycles. The van der Waals surface area contributed by atoms with E-state index in [4.69, 9.17) is 0 Å². The Balaban J connectivity index is 1.44. The highest BCUT2D eigenvalue weighted by Gasteiger charge is 2.33. The monoisotopic (exact) mass is 455 g/mol. The van der Waals surface area contributed by atoms with Crippen molar-refractivity contribution in [2.75, 3.05) is 51.1 Å². The first-order valence-electron chi connectivity index (χ1n) is 11.7. The number of fused-ring (bicyclic) bond motifs is 1. The van der Waals surface area contributed by atoms with E-state index < -0.39 is 12.0 Å². The first kappa shape index (κ1) is 23.3. The van der Waals surface area contributed by atoms with Gasteiger partial charge in [0.05, 0.1) is 6.54 Å². The Bertz CT molecular complexity index is 1020. The minimum Gasteiger partial charge on any atom is -0.480 e. The van der Waals surface area contributed by atoms with E-state index in [-0.39, 0.29) is 17.7 Å². The van der Waals surface area contributed by atoms with Crippen LogP contribution in [0.3, 0.4) is 0 Å². The van der Waals surface area contributed by atoms with Crippen LogP contribution in [0.25, 0.3) is 10.9 Å². The number of carboxylic acids is 1. The Hall–Kier alpha value is -2.91. The van der Waals surface area contributed by atoms with Crippen LogP contribution >= 0.6 is 0 Å². The number of piperazine rings is 1. The smallest absolute Gasteiger partial charge is 0.325 e. The molecule has 1 aromatic carbocycles. The van der Waals surface area contributed by atoms with Crippen LogP contribution in [0, 0.1) is 5.92 Å². The second kappa shape index (κ2) is 9.93. The molecule has 2 amide bonds. The Morgan fingerprint density at radius 1 is 1.06 bits per heavy atom. The molecule has 9 nitrogen and oxygen atoms in total. The predicted molar refractivity (Wildman–Crippen MR) is 126 cm³/mol. The third kappa shape index (κ3) is 5.20. The molecule has 0 unspecified atom stereocenters. The summed E-state index contributed by atoms with van der Waals surface area (Å²) in [6.07, 6.45) is 3.91. The van der Waals surface area contributed by atoms with Crippen molar-refractivity contribution in [3.8, 4) is 0 Å². The van der Waals surface area contributed by atoms with E-state index in [1.807, 2.05) is 35.8 Å². The van der Waals surface area contributed by atoms with Gasteiger partial charge in [-0.15, -0.1) is 0 Å². The standard InChI is InChI=1S/C24H33N5O4/c1-16(2)23(31)26-17-5-6-18-19(14-25-20(18)13-17)22(24(32)33)29-11-9-27(10-12-29)15-21(30)28-7-3-4-8-28/h5-6,13-14,16,22,25H,3-4,7-12,15H2,1-2H3,(H,26,31)(H,32,33)/t22-/m1/s1. The molecule has 2 aliphatic rings. The summed E-state index contributed by atoms with van der Waals surface area (Å²) in [5.41, 5.74) is 2.17. The number of aromatic nitrogens is 1. The maximum absolute atomic E-state index is 12.4. The first-order valence-corrected chi connectivity index (χ1v) is 11.7. The largest absolute Gasteiger partial charge is 0.480 e.